The molecule has 1 heteroatoms. The summed E-state index contributed by atoms with van der Waals surface area (Å²) >= 11 is 0. The van der Waals surface area contributed by atoms with E-state index in [2.05, 4.69) is 53.9 Å². The summed E-state index contributed by atoms with van der Waals surface area (Å²) in [6, 6.07) is 13.5. The Labute approximate surface area is 149 Å². The largest absolute Gasteiger partial charge is 0.368 e. The van der Waals surface area contributed by atoms with Crippen LogP contribution in [0.25, 0.3) is 23.3 Å². The van der Waals surface area contributed by atoms with Crippen LogP contribution in [0.2, 0.25) is 0 Å². The van der Waals surface area contributed by atoms with Crippen molar-refractivity contribution >= 4 is 12.2 Å². The highest BCUT2D eigenvalue weighted by Gasteiger charge is 2.13. The predicted octanol–water partition coefficient (Wildman–Crippen LogP) is 3.98. The Morgan fingerprint density at radius 3 is 2.40 bits per heavy atom. The molecule has 0 bridgehead atoms. The molecular formula is C24H23N. The maximum absolute atomic E-state index is 2.92. The smallest absolute Gasteiger partial charge is 0.000442 e. The molecule has 1 heterocycles. The summed E-state index contributed by atoms with van der Waals surface area (Å²) in [4.78, 5) is 0. The van der Waals surface area contributed by atoms with Gasteiger partial charge in [0.2, 0.25) is 0 Å². The van der Waals surface area contributed by atoms with Gasteiger partial charge in [-0.15, -0.1) is 0 Å². The Morgan fingerprint density at radius 1 is 0.680 bits per heavy atom. The second kappa shape index (κ2) is 7.40. The van der Waals surface area contributed by atoms with Crippen molar-refractivity contribution in [2.45, 2.75) is 25.7 Å². The first-order chi connectivity index (χ1) is 12.4. The molecule has 0 atom stereocenters. The zero-order chi connectivity index (χ0) is 16.9. The third-order valence-corrected chi connectivity index (χ3v) is 4.93. The lowest BCUT2D eigenvalue weighted by molar-refractivity contribution is 0.834. The van der Waals surface area contributed by atoms with Gasteiger partial charge in [0.1, 0.15) is 0 Å². The van der Waals surface area contributed by atoms with Gasteiger partial charge in [-0.25, -0.2) is 0 Å². The van der Waals surface area contributed by atoms with E-state index in [1.807, 2.05) is 36.7 Å². The molecule has 0 radical (unpaired) electrons. The number of nitrogens with one attached hydrogen (secondary N) is 1. The summed E-state index contributed by atoms with van der Waals surface area (Å²) in [7, 11) is 0. The van der Waals surface area contributed by atoms with E-state index in [9.17, 15) is 0 Å². The first-order valence-corrected chi connectivity index (χ1v) is 9.08. The summed E-state index contributed by atoms with van der Waals surface area (Å²) in [6.45, 7) is 0. The van der Waals surface area contributed by atoms with Crippen molar-refractivity contribution in [3.63, 3.8) is 0 Å². The molecule has 0 aromatic heterocycles. The van der Waals surface area contributed by atoms with E-state index < -0.39 is 0 Å². The Hall–Kier alpha value is -2.80. The maximum Gasteiger partial charge on any atom is 0.000442 e. The van der Waals surface area contributed by atoms with Crippen LogP contribution in [0.4, 0.5) is 0 Å². The summed E-state index contributed by atoms with van der Waals surface area (Å²) < 4.78 is 0. The molecule has 2 aromatic rings. The summed E-state index contributed by atoms with van der Waals surface area (Å²) in [6.07, 6.45) is 21.3. The number of hydrogen-bond donors (Lipinski definition) is 1. The van der Waals surface area contributed by atoms with Crippen molar-refractivity contribution in [2.24, 2.45) is 0 Å². The van der Waals surface area contributed by atoms with Crippen LogP contribution in [0.1, 0.15) is 24.0 Å². The van der Waals surface area contributed by atoms with E-state index in [1.165, 1.54) is 52.0 Å². The second-order valence-corrected chi connectivity index (χ2v) is 6.53. The fourth-order valence-corrected chi connectivity index (χ4v) is 3.71. The molecule has 5 rings (SSSR count). The highest BCUT2D eigenvalue weighted by Crippen LogP contribution is 2.24. The van der Waals surface area contributed by atoms with E-state index in [0.29, 0.717) is 0 Å². The first-order valence-electron chi connectivity index (χ1n) is 9.08. The van der Waals surface area contributed by atoms with E-state index >= 15 is 0 Å². The van der Waals surface area contributed by atoms with Crippen LogP contribution in [-0.2, 0) is 12.8 Å². The topological polar surface area (TPSA) is 12.0 Å². The van der Waals surface area contributed by atoms with Crippen molar-refractivity contribution in [2.75, 3.05) is 0 Å². The first kappa shape index (κ1) is 15.7. The van der Waals surface area contributed by atoms with Crippen molar-refractivity contribution < 1.29 is 0 Å². The summed E-state index contributed by atoms with van der Waals surface area (Å²) in [5.74, 6) is 0. The van der Waals surface area contributed by atoms with Crippen LogP contribution in [0, 0.1) is 0 Å². The molecule has 1 N–H and O–H groups in total. The maximum atomic E-state index is 2.92. The summed E-state index contributed by atoms with van der Waals surface area (Å²) in [5, 5.41) is 5.91. The molecule has 3 aliphatic rings. The van der Waals surface area contributed by atoms with Crippen LogP contribution < -0.4 is 15.8 Å². The minimum absolute atomic E-state index is 1.08. The molecule has 0 saturated heterocycles. The molecule has 0 fully saturated rings. The quantitative estimate of drug-likeness (QED) is 0.772. The minimum atomic E-state index is 1.08. The fraction of sp³-hybridized carbons (Fsp3) is 0.167. The standard InChI is InChI=1S/C18H16.C6H7N/c1-3-7-15-13(5-1)9-11-18-16-8-4-2-6-14(16)10-12-17(15)18;1-2-4-6-7-5-3-1/h1,3,5,7-8,10-12H,2,4,6,9H2;1-7H. The number of aryl methyl sites for hydroxylation is 1. The average molecular weight is 325 g/mol. The Morgan fingerprint density at radius 2 is 1.52 bits per heavy atom. The monoisotopic (exact) mass is 325 g/mol. The Balaban J connectivity index is 0.000000190. The van der Waals surface area contributed by atoms with Gasteiger partial charge in [0.05, 0.1) is 0 Å². The zero-order valence-electron chi connectivity index (χ0n) is 14.4. The van der Waals surface area contributed by atoms with Crippen molar-refractivity contribution in [3.05, 3.63) is 94.7 Å². The van der Waals surface area contributed by atoms with Crippen molar-refractivity contribution in [3.8, 4) is 11.1 Å². The van der Waals surface area contributed by atoms with Gasteiger partial charge in [0, 0.05) is 12.4 Å². The molecule has 1 aliphatic heterocycles. The van der Waals surface area contributed by atoms with Crippen LogP contribution in [-0.4, -0.2) is 0 Å². The van der Waals surface area contributed by atoms with Gasteiger partial charge in [0.25, 0.3) is 0 Å². The second-order valence-electron chi connectivity index (χ2n) is 6.53. The molecule has 124 valence electrons. The third-order valence-electron chi connectivity index (χ3n) is 4.93. The number of fused-ring (bicyclic) bond motifs is 5. The van der Waals surface area contributed by atoms with Gasteiger partial charge < -0.3 is 5.32 Å². The van der Waals surface area contributed by atoms with Gasteiger partial charge in [-0.05, 0) is 70.5 Å². The Kier molecular flexibility index (Phi) is 4.65. The van der Waals surface area contributed by atoms with Gasteiger partial charge in [-0.2, -0.15) is 0 Å². The summed E-state index contributed by atoms with van der Waals surface area (Å²) in [5.41, 5.74) is 5.85. The van der Waals surface area contributed by atoms with Crippen LogP contribution in [0.3, 0.4) is 0 Å². The van der Waals surface area contributed by atoms with E-state index in [0.717, 1.165) is 6.42 Å². The molecule has 0 amide bonds. The van der Waals surface area contributed by atoms with Gasteiger partial charge in [-0.3, -0.25) is 0 Å². The van der Waals surface area contributed by atoms with Crippen LogP contribution in [0.5, 0.6) is 0 Å². The Bertz CT molecular complexity index is 960. The molecule has 2 aromatic carbocycles. The van der Waals surface area contributed by atoms with Gasteiger partial charge in [-0.1, -0.05) is 60.7 Å². The molecule has 1 nitrogen and oxygen atoms in total. The van der Waals surface area contributed by atoms with Crippen molar-refractivity contribution in [1.29, 1.82) is 0 Å². The van der Waals surface area contributed by atoms with Gasteiger partial charge >= 0.3 is 0 Å². The lowest BCUT2D eigenvalue weighted by Gasteiger charge is -2.17. The van der Waals surface area contributed by atoms with E-state index in [-0.39, 0.29) is 0 Å². The number of hydrogen-bond acceptors (Lipinski definition) is 1. The molecule has 0 unspecified atom stereocenters. The molecule has 0 saturated carbocycles. The molecule has 25 heavy (non-hydrogen) atoms. The van der Waals surface area contributed by atoms with E-state index in [1.54, 1.807) is 0 Å². The SMILES string of the molecule is C1=CC=CNC=C1.C1=c2c(ccc3c2=CCc2ccccc2-3)CCC1. The van der Waals surface area contributed by atoms with E-state index in [4.69, 9.17) is 0 Å². The molecular weight excluding hydrogens is 302 g/mol. The van der Waals surface area contributed by atoms with Crippen LogP contribution >= 0.6 is 0 Å². The van der Waals surface area contributed by atoms with Crippen LogP contribution in [0.15, 0.2) is 73.1 Å². The number of rotatable bonds is 0. The third kappa shape index (κ3) is 3.36. The number of benzene rings is 2. The number of allylic oxidation sites excluding steroid dienone is 4. The molecule has 2 aliphatic carbocycles. The normalized spacial score (nSPS) is 15.8. The fourth-order valence-electron chi connectivity index (χ4n) is 3.71. The average Bonchev–Trinajstić information content (AvgIpc) is 3.01. The van der Waals surface area contributed by atoms with Gasteiger partial charge in [0.15, 0.2) is 0 Å². The molecule has 0 spiro atoms. The lowest BCUT2D eigenvalue weighted by Crippen LogP contribution is -2.33. The van der Waals surface area contributed by atoms with Crippen molar-refractivity contribution in [1.82, 2.24) is 5.32 Å². The minimum Gasteiger partial charge on any atom is -0.368 e. The highest BCUT2D eigenvalue weighted by atomic mass is 14.8. The lowest BCUT2D eigenvalue weighted by atomic mass is 9.87. The predicted molar refractivity (Wildman–Crippen MR) is 107 cm³/mol. The highest BCUT2D eigenvalue weighted by molar-refractivity contribution is 5.74. The zero-order valence-corrected chi connectivity index (χ0v) is 14.4.